The molecule has 0 aliphatic carbocycles. The molecule has 1 aliphatic heterocycles. The third kappa shape index (κ3) is 3.86. The van der Waals surface area contributed by atoms with Gasteiger partial charge in [0.15, 0.2) is 9.84 Å². The van der Waals surface area contributed by atoms with Crippen molar-refractivity contribution in [1.29, 1.82) is 0 Å². The van der Waals surface area contributed by atoms with E-state index in [1.54, 1.807) is 6.92 Å². The first-order valence-corrected chi connectivity index (χ1v) is 7.53. The molecule has 2 N–H and O–H groups in total. The Morgan fingerprint density at radius 2 is 2.11 bits per heavy atom. The number of aliphatic carboxylic acids is 1. The maximum atomic E-state index is 11.8. The van der Waals surface area contributed by atoms with Crippen molar-refractivity contribution in [1.82, 2.24) is 10.2 Å². The number of carbonyl (C=O) groups is 2. The van der Waals surface area contributed by atoms with E-state index in [1.807, 2.05) is 0 Å². The summed E-state index contributed by atoms with van der Waals surface area (Å²) in [6.45, 7) is 3.34. The molecule has 1 aliphatic rings. The van der Waals surface area contributed by atoms with E-state index in [9.17, 15) is 18.0 Å². The molecule has 0 spiro atoms. The normalized spacial score (nSPS) is 24.3. The molecule has 0 saturated carbocycles. The Morgan fingerprint density at radius 1 is 1.50 bits per heavy atom. The van der Waals surface area contributed by atoms with Gasteiger partial charge in [0.05, 0.1) is 17.4 Å². The number of sulfone groups is 1. The van der Waals surface area contributed by atoms with Gasteiger partial charge in [-0.15, -0.1) is 0 Å². The first kappa shape index (κ1) is 14.7. The van der Waals surface area contributed by atoms with Gasteiger partial charge < -0.3 is 15.3 Å². The largest absolute Gasteiger partial charge is 0.481 e. The van der Waals surface area contributed by atoms with Crippen LogP contribution in [0.5, 0.6) is 0 Å². The van der Waals surface area contributed by atoms with Crippen LogP contribution in [0.1, 0.15) is 13.8 Å². The van der Waals surface area contributed by atoms with Crippen molar-refractivity contribution in [2.24, 2.45) is 5.92 Å². The monoisotopic (exact) mass is 278 g/mol. The van der Waals surface area contributed by atoms with E-state index in [4.69, 9.17) is 5.11 Å². The van der Waals surface area contributed by atoms with Gasteiger partial charge in [-0.1, -0.05) is 6.92 Å². The van der Waals surface area contributed by atoms with Gasteiger partial charge in [-0.2, -0.15) is 0 Å². The Bertz CT molecular complexity index is 434. The molecule has 0 aromatic carbocycles. The van der Waals surface area contributed by atoms with E-state index in [0.717, 1.165) is 0 Å². The van der Waals surface area contributed by atoms with Crippen LogP contribution in [-0.2, 0) is 14.6 Å². The van der Waals surface area contributed by atoms with Gasteiger partial charge >= 0.3 is 12.0 Å². The van der Waals surface area contributed by atoms with Crippen LogP contribution < -0.4 is 5.32 Å². The number of carboxylic acid groups (broad SMARTS) is 1. The Labute approximate surface area is 106 Å². The van der Waals surface area contributed by atoms with Gasteiger partial charge in [0.1, 0.15) is 0 Å². The lowest BCUT2D eigenvalue weighted by molar-refractivity contribution is -0.140. The van der Waals surface area contributed by atoms with Gasteiger partial charge in [-0.3, -0.25) is 4.79 Å². The molecule has 2 atom stereocenters. The number of urea groups is 1. The van der Waals surface area contributed by atoms with E-state index in [2.05, 4.69) is 5.32 Å². The van der Waals surface area contributed by atoms with Crippen LogP contribution in [0.3, 0.4) is 0 Å². The number of amides is 2. The summed E-state index contributed by atoms with van der Waals surface area (Å²) in [7, 11) is -3.06. The zero-order chi connectivity index (χ0) is 13.9. The molecule has 1 rings (SSSR count). The van der Waals surface area contributed by atoms with Crippen LogP contribution in [0, 0.1) is 5.92 Å². The van der Waals surface area contributed by atoms with E-state index in [1.165, 1.54) is 11.8 Å². The average molecular weight is 278 g/mol. The fraction of sp³-hybridized carbons (Fsp3) is 0.800. The van der Waals surface area contributed by atoms with Crippen LogP contribution in [0.4, 0.5) is 4.79 Å². The second-order valence-corrected chi connectivity index (χ2v) is 6.81. The lowest BCUT2D eigenvalue weighted by Crippen LogP contribution is -2.53. The lowest BCUT2D eigenvalue weighted by atomic mass is 10.2. The fourth-order valence-corrected chi connectivity index (χ4v) is 3.29. The standard InChI is InChI=1S/C10H18N2O5S/c1-7(9(13)14)5-11-10(15)12-3-4-18(16,17)6-8(12)2/h7-8H,3-6H2,1-2H3,(H,11,15)(H,13,14). The second-order valence-electron chi connectivity index (χ2n) is 4.58. The first-order chi connectivity index (χ1) is 8.23. The maximum Gasteiger partial charge on any atom is 0.317 e. The number of carbonyl (C=O) groups excluding carboxylic acids is 1. The highest BCUT2D eigenvalue weighted by Gasteiger charge is 2.31. The summed E-state index contributed by atoms with van der Waals surface area (Å²) in [6, 6.07) is -0.797. The number of nitrogens with one attached hydrogen (secondary N) is 1. The first-order valence-electron chi connectivity index (χ1n) is 5.70. The molecule has 2 amide bonds. The molecule has 0 aromatic heterocycles. The minimum absolute atomic E-state index is 0.0319. The van der Waals surface area contributed by atoms with Gasteiger partial charge in [0.2, 0.25) is 0 Å². The molecular weight excluding hydrogens is 260 g/mol. The predicted molar refractivity (Wildman–Crippen MR) is 65.0 cm³/mol. The predicted octanol–water partition coefficient (Wildman–Crippen LogP) is -0.464. The molecule has 7 nitrogen and oxygen atoms in total. The third-order valence-corrected chi connectivity index (χ3v) is 4.71. The van der Waals surface area contributed by atoms with Crippen molar-refractivity contribution in [3.05, 3.63) is 0 Å². The molecule has 18 heavy (non-hydrogen) atoms. The van der Waals surface area contributed by atoms with Crippen LogP contribution in [-0.4, -0.2) is 61.1 Å². The topological polar surface area (TPSA) is 104 Å². The summed E-state index contributed by atoms with van der Waals surface area (Å²) in [6.07, 6.45) is 0. The van der Waals surface area contributed by atoms with Gasteiger partial charge in [0.25, 0.3) is 0 Å². The van der Waals surface area contributed by atoms with E-state index >= 15 is 0 Å². The van der Waals surface area contributed by atoms with E-state index < -0.39 is 27.8 Å². The summed E-state index contributed by atoms with van der Waals surface area (Å²) < 4.78 is 22.7. The highest BCUT2D eigenvalue weighted by molar-refractivity contribution is 7.91. The zero-order valence-corrected chi connectivity index (χ0v) is 11.2. The Hall–Kier alpha value is -1.31. The minimum Gasteiger partial charge on any atom is -0.481 e. The molecule has 1 heterocycles. The average Bonchev–Trinajstić information content (AvgIpc) is 2.23. The molecule has 104 valence electrons. The zero-order valence-electron chi connectivity index (χ0n) is 10.4. The summed E-state index contributed by atoms with van der Waals surface area (Å²) in [5, 5.41) is 11.2. The molecule has 0 radical (unpaired) electrons. The number of hydrogen-bond acceptors (Lipinski definition) is 4. The molecular formula is C10H18N2O5S. The van der Waals surface area contributed by atoms with Crippen molar-refractivity contribution in [2.45, 2.75) is 19.9 Å². The molecule has 8 heteroatoms. The lowest BCUT2D eigenvalue weighted by Gasteiger charge is -2.33. The molecule has 2 unspecified atom stereocenters. The highest BCUT2D eigenvalue weighted by Crippen LogP contribution is 2.11. The maximum absolute atomic E-state index is 11.8. The summed E-state index contributed by atoms with van der Waals surface area (Å²) in [5.74, 6) is -1.74. The van der Waals surface area contributed by atoms with Crippen molar-refractivity contribution < 1.29 is 23.1 Å². The smallest absolute Gasteiger partial charge is 0.317 e. The van der Waals surface area contributed by atoms with Crippen LogP contribution in [0.25, 0.3) is 0 Å². The van der Waals surface area contributed by atoms with Crippen molar-refractivity contribution in [3.63, 3.8) is 0 Å². The number of carboxylic acids is 1. The van der Waals surface area contributed by atoms with Gasteiger partial charge in [0, 0.05) is 19.1 Å². The quantitative estimate of drug-likeness (QED) is 0.726. The molecule has 0 aromatic rings. The summed E-state index contributed by atoms with van der Waals surface area (Å²) in [4.78, 5) is 23.8. The van der Waals surface area contributed by atoms with E-state index in [0.29, 0.717) is 0 Å². The number of nitrogens with zero attached hydrogens (tertiary/aromatic N) is 1. The molecule has 0 bridgehead atoms. The van der Waals surface area contributed by atoms with E-state index in [-0.39, 0.29) is 30.6 Å². The third-order valence-electron chi connectivity index (χ3n) is 2.91. The van der Waals surface area contributed by atoms with Gasteiger partial charge in [-0.25, -0.2) is 13.2 Å². The molecule has 1 fully saturated rings. The van der Waals surface area contributed by atoms with Gasteiger partial charge in [-0.05, 0) is 6.92 Å². The van der Waals surface area contributed by atoms with Crippen molar-refractivity contribution in [3.8, 4) is 0 Å². The van der Waals surface area contributed by atoms with Crippen LogP contribution in [0.15, 0.2) is 0 Å². The Kier molecular flexibility index (Phi) is 4.55. The fourth-order valence-electron chi connectivity index (χ4n) is 1.73. The second kappa shape index (κ2) is 5.55. The summed E-state index contributed by atoms with van der Waals surface area (Å²) in [5.41, 5.74) is 0. The SMILES string of the molecule is CC(CNC(=O)N1CCS(=O)(=O)CC1C)C(=O)O. The molecule has 1 saturated heterocycles. The summed E-state index contributed by atoms with van der Waals surface area (Å²) >= 11 is 0. The van der Waals surface area contributed by atoms with Crippen LogP contribution in [0.2, 0.25) is 0 Å². The number of hydrogen-bond donors (Lipinski definition) is 2. The number of rotatable bonds is 3. The Balaban J connectivity index is 2.50. The Morgan fingerprint density at radius 3 is 2.61 bits per heavy atom. The van der Waals surface area contributed by atoms with Crippen LogP contribution >= 0.6 is 0 Å². The van der Waals surface area contributed by atoms with Crippen molar-refractivity contribution in [2.75, 3.05) is 24.6 Å². The van der Waals surface area contributed by atoms with Crippen molar-refractivity contribution >= 4 is 21.8 Å². The minimum atomic E-state index is -3.06. The highest BCUT2D eigenvalue weighted by atomic mass is 32.2.